The lowest BCUT2D eigenvalue weighted by molar-refractivity contribution is -0.110. The molecule has 3 rings (SSSR count). The maximum Gasteiger partial charge on any atom is 0.256 e. The molecule has 0 bridgehead atoms. The Morgan fingerprint density at radius 1 is 1.27 bits per heavy atom. The van der Waals surface area contributed by atoms with E-state index in [2.05, 4.69) is 21.2 Å². The van der Waals surface area contributed by atoms with Crippen LogP contribution >= 0.6 is 15.9 Å². The highest BCUT2D eigenvalue weighted by Gasteiger charge is 2.26. The Balaban J connectivity index is 2.14. The summed E-state index contributed by atoms with van der Waals surface area (Å²) in [5.74, 6) is 0.460. The van der Waals surface area contributed by atoms with Crippen molar-refractivity contribution < 1.29 is 14.6 Å². The van der Waals surface area contributed by atoms with Gasteiger partial charge in [-0.2, -0.15) is 0 Å². The number of carbonyl (C=O) groups is 1. The second kappa shape index (κ2) is 5.50. The van der Waals surface area contributed by atoms with Gasteiger partial charge in [-0.15, -0.1) is 0 Å². The number of hydrogen-bond acceptors (Lipinski definition) is 3. The molecule has 0 radical (unpaired) electrons. The van der Waals surface area contributed by atoms with E-state index in [9.17, 15) is 9.90 Å². The van der Waals surface area contributed by atoms with Crippen molar-refractivity contribution in [3.63, 3.8) is 0 Å². The number of halogens is 1. The third-order valence-electron chi connectivity index (χ3n) is 3.70. The number of phenolic OH excluding ortho intramolecular Hbond substituents is 1. The Labute approximate surface area is 136 Å². The van der Waals surface area contributed by atoms with Crippen LogP contribution in [0, 0.1) is 6.92 Å². The van der Waals surface area contributed by atoms with E-state index in [0.717, 1.165) is 21.3 Å². The van der Waals surface area contributed by atoms with E-state index in [1.54, 1.807) is 18.2 Å². The predicted octanol–water partition coefficient (Wildman–Crippen LogP) is 3.96. The minimum absolute atomic E-state index is 0.0701. The zero-order valence-corrected chi connectivity index (χ0v) is 13.7. The minimum atomic E-state index is -0.175. The number of carbonyl (C=O) groups excluding carboxylic acids is 1. The van der Waals surface area contributed by atoms with Gasteiger partial charge in [-0.3, -0.25) is 4.79 Å². The summed E-state index contributed by atoms with van der Waals surface area (Å²) in [5.41, 5.74) is 3.72. The van der Waals surface area contributed by atoms with E-state index in [1.807, 2.05) is 19.1 Å². The summed E-state index contributed by atoms with van der Waals surface area (Å²) >= 11 is 3.48. The summed E-state index contributed by atoms with van der Waals surface area (Å²) in [6, 6.07) is 8.75. The molecule has 0 aliphatic carbocycles. The lowest BCUT2D eigenvalue weighted by Gasteiger charge is -2.07. The van der Waals surface area contributed by atoms with Gasteiger partial charge in [0.2, 0.25) is 0 Å². The molecule has 0 aromatic heterocycles. The van der Waals surface area contributed by atoms with E-state index < -0.39 is 0 Å². The van der Waals surface area contributed by atoms with Crippen LogP contribution in [0.2, 0.25) is 0 Å². The van der Waals surface area contributed by atoms with Gasteiger partial charge in [-0.1, -0.05) is 15.9 Å². The fourth-order valence-electron chi connectivity index (χ4n) is 2.51. The standard InChI is InChI=1S/C17H14BrNO3/c1-9-13(18)5-6-14-16(9)12(17(21)19-14)7-10-3-4-11(22-2)8-15(10)20/h3-8,20H,1-2H3,(H,19,21). The van der Waals surface area contributed by atoms with Crippen molar-refractivity contribution >= 4 is 39.2 Å². The number of fused-ring (bicyclic) bond motifs is 1. The number of methoxy groups -OCH3 is 1. The van der Waals surface area contributed by atoms with Crippen LogP contribution in [0.25, 0.3) is 11.6 Å². The first-order valence-corrected chi connectivity index (χ1v) is 7.50. The SMILES string of the molecule is COc1ccc(C=C2C(=O)Nc3ccc(Br)c(C)c32)c(O)c1. The first-order valence-electron chi connectivity index (χ1n) is 6.71. The molecular formula is C17H14BrNO3. The second-order valence-electron chi connectivity index (χ2n) is 5.03. The van der Waals surface area contributed by atoms with Crippen LogP contribution in [0.1, 0.15) is 16.7 Å². The number of rotatable bonds is 2. The molecule has 0 unspecified atom stereocenters. The smallest absolute Gasteiger partial charge is 0.256 e. The Kier molecular flexibility index (Phi) is 3.66. The number of phenols is 1. The molecule has 2 aromatic rings. The van der Waals surface area contributed by atoms with Crippen molar-refractivity contribution in [3.05, 3.63) is 51.5 Å². The van der Waals surface area contributed by atoms with Crippen molar-refractivity contribution in [2.24, 2.45) is 0 Å². The molecule has 1 aliphatic heterocycles. The van der Waals surface area contributed by atoms with Crippen LogP contribution in [0.15, 0.2) is 34.8 Å². The first-order chi connectivity index (χ1) is 10.5. The van der Waals surface area contributed by atoms with Gasteiger partial charge < -0.3 is 15.2 Å². The Hall–Kier alpha value is -2.27. The van der Waals surface area contributed by atoms with Gasteiger partial charge in [0, 0.05) is 27.4 Å². The monoisotopic (exact) mass is 359 g/mol. The fraction of sp³-hybridized carbons (Fsp3) is 0.118. The van der Waals surface area contributed by atoms with E-state index in [-0.39, 0.29) is 11.7 Å². The number of hydrogen-bond donors (Lipinski definition) is 2. The highest BCUT2D eigenvalue weighted by molar-refractivity contribution is 9.10. The van der Waals surface area contributed by atoms with Crippen LogP contribution in [-0.2, 0) is 4.79 Å². The van der Waals surface area contributed by atoms with Crippen molar-refractivity contribution in [2.75, 3.05) is 12.4 Å². The van der Waals surface area contributed by atoms with Crippen LogP contribution in [0.4, 0.5) is 5.69 Å². The molecule has 2 aromatic carbocycles. The Morgan fingerprint density at radius 2 is 2.05 bits per heavy atom. The lowest BCUT2D eigenvalue weighted by Crippen LogP contribution is -2.03. The van der Waals surface area contributed by atoms with Crippen LogP contribution in [-0.4, -0.2) is 18.1 Å². The van der Waals surface area contributed by atoms with Crippen LogP contribution in [0.3, 0.4) is 0 Å². The molecule has 0 fully saturated rings. The first kappa shape index (κ1) is 14.7. The topological polar surface area (TPSA) is 58.6 Å². The van der Waals surface area contributed by atoms with Crippen molar-refractivity contribution in [1.29, 1.82) is 0 Å². The van der Waals surface area contributed by atoms with Crippen LogP contribution < -0.4 is 10.1 Å². The molecule has 2 N–H and O–H groups in total. The molecule has 1 aliphatic rings. The fourth-order valence-corrected chi connectivity index (χ4v) is 2.84. The highest BCUT2D eigenvalue weighted by atomic mass is 79.9. The zero-order valence-electron chi connectivity index (χ0n) is 12.1. The summed E-state index contributed by atoms with van der Waals surface area (Å²) in [6.45, 7) is 1.95. The molecule has 4 nitrogen and oxygen atoms in total. The number of benzene rings is 2. The number of amides is 1. The van der Waals surface area contributed by atoms with Gasteiger partial charge in [0.05, 0.1) is 12.7 Å². The summed E-state index contributed by atoms with van der Waals surface area (Å²) in [5, 5.41) is 12.9. The number of anilines is 1. The minimum Gasteiger partial charge on any atom is -0.507 e. The lowest BCUT2D eigenvalue weighted by atomic mass is 9.99. The number of ether oxygens (including phenoxy) is 1. The maximum atomic E-state index is 12.2. The van der Waals surface area contributed by atoms with Gasteiger partial charge in [-0.25, -0.2) is 0 Å². The highest BCUT2D eigenvalue weighted by Crippen LogP contribution is 2.39. The molecule has 1 heterocycles. The quantitative estimate of drug-likeness (QED) is 0.797. The molecular weight excluding hydrogens is 346 g/mol. The van der Waals surface area contributed by atoms with Gasteiger partial charge in [-0.05, 0) is 42.8 Å². The average Bonchev–Trinajstić information content (AvgIpc) is 2.82. The van der Waals surface area contributed by atoms with Crippen molar-refractivity contribution in [3.8, 4) is 11.5 Å². The summed E-state index contributed by atoms with van der Waals surface area (Å²) in [6.07, 6.45) is 1.69. The van der Waals surface area contributed by atoms with Crippen molar-refractivity contribution in [1.82, 2.24) is 0 Å². The largest absolute Gasteiger partial charge is 0.507 e. The molecule has 0 saturated carbocycles. The van der Waals surface area contributed by atoms with Gasteiger partial charge >= 0.3 is 0 Å². The zero-order chi connectivity index (χ0) is 15.9. The second-order valence-corrected chi connectivity index (χ2v) is 5.89. The summed E-state index contributed by atoms with van der Waals surface area (Å²) in [4.78, 5) is 12.2. The van der Waals surface area contributed by atoms with Crippen LogP contribution in [0.5, 0.6) is 11.5 Å². The molecule has 1 amide bonds. The predicted molar refractivity (Wildman–Crippen MR) is 90.0 cm³/mol. The molecule has 5 heteroatoms. The van der Waals surface area contributed by atoms with Gasteiger partial charge in [0.1, 0.15) is 11.5 Å². The van der Waals surface area contributed by atoms with E-state index in [0.29, 0.717) is 16.9 Å². The summed E-state index contributed by atoms with van der Waals surface area (Å²) < 4.78 is 6.00. The normalized spacial score (nSPS) is 14.9. The molecule has 112 valence electrons. The number of aromatic hydroxyl groups is 1. The molecule has 0 spiro atoms. The molecule has 22 heavy (non-hydrogen) atoms. The Morgan fingerprint density at radius 3 is 2.73 bits per heavy atom. The van der Waals surface area contributed by atoms with E-state index >= 15 is 0 Å². The van der Waals surface area contributed by atoms with Gasteiger partial charge in [0.25, 0.3) is 5.91 Å². The molecule has 0 atom stereocenters. The summed E-state index contributed by atoms with van der Waals surface area (Å²) in [7, 11) is 1.54. The Bertz CT molecular complexity index is 812. The van der Waals surface area contributed by atoms with E-state index in [4.69, 9.17) is 4.74 Å². The molecule has 0 saturated heterocycles. The van der Waals surface area contributed by atoms with Crippen molar-refractivity contribution in [2.45, 2.75) is 6.92 Å². The third-order valence-corrected chi connectivity index (χ3v) is 4.56. The van der Waals surface area contributed by atoms with E-state index in [1.165, 1.54) is 13.2 Å². The average molecular weight is 360 g/mol. The number of nitrogens with one attached hydrogen (secondary N) is 1. The maximum absolute atomic E-state index is 12.2. The van der Waals surface area contributed by atoms with Gasteiger partial charge in [0.15, 0.2) is 0 Å². The third kappa shape index (κ3) is 2.37.